The Balaban J connectivity index is 4.26. The van der Waals surface area contributed by atoms with Crippen LogP contribution < -0.4 is 16.4 Å². The first-order valence-electron chi connectivity index (χ1n) is 5.85. The molecule has 0 aliphatic rings. The average Bonchev–Trinajstić information content (AvgIpc) is 2.41. The van der Waals surface area contributed by atoms with E-state index in [-0.39, 0.29) is 31.7 Å². The van der Waals surface area contributed by atoms with Crippen molar-refractivity contribution in [2.24, 2.45) is 5.73 Å². The molecule has 0 aromatic rings. The number of rotatable bonds is 10. The third-order valence-corrected chi connectivity index (χ3v) is 3.23. The summed E-state index contributed by atoms with van der Waals surface area (Å²) in [7, 11) is 1.08. The molecule has 0 heterocycles. The maximum Gasteiger partial charge on any atom is 0.320 e. The molecule has 0 saturated heterocycles. The van der Waals surface area contributed by atoms with Crippen LogP contribution in [-0.4, -0.2) is 59.0 Å². The standard InChI is InChI=1S/C10H19N3O5S2/c11-6(10(17)18)1-2-8(15)13-7(5-20-19)9(16)12-3-4-14/h6-7,14,19H,1-5,11H2,(H,12,16)(H,13,15)(H,17,18). The highest BCUT2D eigenvalue weighted by Crippen LogP contribution is 2.07. The molecule has 8 nitrogen and oxygen atoms in total. The minimum atomic E-state index is -1.18. The second-order valence-corrected chi connectivity index (χ2v) is 5.28. The summed E-state index contributed by atoms with van der Waals surface area (Å²) in [6, 6.07) is -1.90. The molecule has 0 aliphatic heterocycles. The van der Waals surface area contributed by atoms with Crippen LogP contribution >= 0.6 is 22.5 Å². The fraction of sp³-hybridized carbons (Fsp3) is 0.700. The summed E-state index contributed by atoms with van der Waals surface area (Å²) in [5.74, 6) is -1.83. The van der Waals surface area contributed by atoms with Crippen LogP contribution in [0, 0.1) is 0 Å². The van der Waals surface area contributed by atoms with Crippen LogP contribution in [0.1, 0.15) is 12.8 Å². The van der Waals surface area contributed by atoms with E-state index in [1.54, 1.807) is 0 Å². The van der Waals surface area contributed by atoms with E-state index in [9.17, 15) is 14.4 Å². The molecule has 116 valence electrons. The van der Waals surface area contributed by atoms with Gasteiger partial charge in [-0.2, -0.15) is 0 Å². The summed E-state index contributed by atoms with van der Waals surface area (Å²) in [5, 5.41) is 22.1. The molecule has 2 atom stereocenters. The van der Waals surface area contributed by atoms with E-state index in [1.165, 1.54) is 0 Å². The largest absolute Gasteiger partial charge is 0.480 e. The Labute approximate surface area is 125 Å². The van der Waals surface area contributed by atoms with E-state index >= 15 is 0 Å². The van der Waals surface area contributed by atoms with Gasteiger partial charge in [0, 0.05) is 18.7 Å². The van der Waals surface area contributed by atoms with Gasteiger partial charge in [0.2, 0.25) is 11.8 Å². The number of carbonyl (C=O) groups is 3. The molecule has 2 unspecified atom stereocenters. The first-order chi connectivity index (χ1) is 9.42. The van der Waals surface area contributed by atoms with Gasteiger partial charge in [-0.3, -0.25) is 14.4 Å². The zero-order valence-corrected chi connectivity index (χ0v) is 12.5. The van der Waals surface area contributed by atoms with E-state index in [0.29, 0.717) is 0 Å². The van der Waals surface area contributed by atoms with Gasteiger partial charge in [0.05, 0.1) is 6.61 Å². The molecule has 0 fully saturated rings. The number of aliphatic hydroxyl groups excluding tert-OH is 1. The maximum atomic E-state index is 11.7. The topological polar surface area (TPSA) is 142 Å². The van der Waals surface area contributed by atoms with E-state index in [0.717, 1.165) is 10.8 Å². The second-order valence-electron chi connectivity index (χ2n) is 3.91. The van der Waals surface area contributed by atoms with Gasteiger partial charge < -0.3 is 26.6 Å². The van der Waals surface area contributed by atoms with Crippen molar-refractivity contribution >= 4 is 40.2 Å². The van der Waals surface area contributed by atoms with Crippen LogP contribution in [0.3, 0.4) is 0 Å². The van der Waals surface area contributed by atoms with Crippen molar-refractivity contribution in [1.29, 1.82) is 0 Å². The van der Waals surface area contributed by atoms with Crippen molar-refractivity contribution in [1.82, 2.24) is 10.6 Å². The summed E-state index contributed by atoms with van der Waals surface area (Å²) in [4.78, 5) is 33.8. The smallest absolute Gasteiger partial charge is 0.320 e. The fourth-order valence-corrected chi connectivity index (χ4v) is 2.07. The van der Waals surface area contributed by atoms with Gasteiger partial charge in [-0.1, -0.05) is 10.8 Å². The van der Waals surface area contributed by atoms with Crippen LogP contribution in [0.2, 0.25) is 0 Å². The predicted octanol–water partition coefficient (Wildman–Crippen LogP) is -1.65. The molecule has 6 N–H and O–H groups in total. The quantitative estimate of drug-likeness (QED) is 0.209. The first kappa shape index (κ1) is 19.0. The van der Waals surface area contributed by atoms with Crippen LogP contribution in [0.15, 0.2) is 0 Å². The van der Waals surface area contributed by atoms with E-state index in [1.807, 2.05) is 0 Å². The maximum absolute atomic E-state index is 11.7. The normalized spacial score (nSPS) is 13.3. The van der Waals surface area contributed by atoms with Gasteiger partial charge in [-0.15, -0.1) is 11.7 Å². The van der Waals surface area contributed by atoms with E-state index in [4.69, 9.17) is 15.9 Å². The van der Waals surface area contributed by atoms with Gasteiger partial charge >= 0.3 is 5.97 Å². The number of hydrogen-bond acceptors (Lipinski definition) is 7. The Morgan fingerprint density at radius 1 is 1.35 bits per heavy atom. The van der Waals surface area contributed by atoms with Crippen molar-refractivity contribution in [2.75, 3.05) is 18.9 Å². The lowest BCUT2D eigenvalue weighted by Gasteiger charge is -2.17. The summed E-state index contributed by atoms with van der Waals surface area (Å²) >= 11 is 3.92. The van der Waals surface area contributed by atoms with Crippen LogP contribution in [0.25, 0.3) is 0 Å². The minimum absolute atomic E-state index is 0.0137. The summed E-state index contributed by atoms with van der Waals surface area (Å²) < 4.78 is 0. The molecule has 0 aromatic carbocycles. The Kier molecular flexibility index (Phi) is 10.3. The number of amides is 2. The highest BCUT2D eigenvalue weighted by atomic mass is 33.1. The van der Waals surface area contributed by atoms with Crippen molar-refractivity contribution < 1.29 is 24.6 Å². The summed E-state index contributed by atoms with van der Waals surface area (Å²) in [5.41, 5.74) is 5.28. The van der Waals surface area contributed by atoms with E-state index in [2.05, 4.69) is 22.3 Å². The van der Waals surface area contributed by atoms with Gasteiger partial charge in [0.1, 0.15) is 12.1 Å². The third kappa shape index (κ3) is 8.25. The Morgan fingerprint density at radius 2 is 2.00 bits per heavy atom. The molecule has 0 aliphatic carbocycles. The molecule has 0 spiro atoms. The highest BCUT2D eigenvalue weighted by molar-refractivity contribution is 8.68. The van der Waals surface area contributed by atoms with Gasteiger partial charge in [0.25, 0.3) is 0 Å². The molecule has 10 heteroatoms. The lowest BCUT2D eigenvalue weighted by Crippen LogP contribution is -2.49. The predicted molar refractivity (Wildman–Crippen MR) is 78.3 cm³/mol. The van der Waals surface area contributed by atoms with Crippen molar-refractivity contribution in [2.45, 2.75) is 24.9 Å². The van der Waals surface area contributed by atoms with Crippen LogP contribution in [0.5, 0.6) is 0 Å². The fourth-order valence-electron chi connectivity index (χ4n) is 1.24. The summed E-state index contributed by atoms with van der Waals surface area (Å²) in [6.45, 7) is -0.111. The molecule has 0 saturated carbocycles. The minimum Gasteiger partial charge on any atom is -0.480 e. The van der Waals surface area contributed by atoms with Crippen molar-refractivity contribution in [3.05, 3.63) is 0 Å². The number of nitrogens with one attached hydrogen (secondary N) is 2. The Hall–Kier alpha value is -0.970. The number of hydrogen-bond donors (Lipinski definition) is 6. The lowest BCUT2D eigenvalue weighted by atomic mass is 10.1. The number of nitrogens with two attached hydrogens (primary N) is 1. The Bertz CT molecular complexity index is 343. The Morgan fingerprint density at radius 3 is 2.50 bits per heavy atom. The molecular formula is C10H19N3O5S2. The molecule has 0 radical (unpaired) electrons. The van der Waals surface area contributed by atoms with Crippen LogP contribution in [0.4, 0.5) is 0 Å². The van der Waals surface area contributed by atoms with Crippen molar-refractivity contribution in [3.63, 3.8) is 0 Å². The number of aliphatic hydroxyl groups is 1. The third-order valence-electron chi connectivity index (χ3n) is 2.30. The second kappa shape index (κ2) is 10.8. The number of aliphatic carboxylic acids is 1. The zero-order valence-electron chi connectivity index (χ0n) is 10.7. The number of thiol groups is 1. The van der Waals surface area contributed by atoms with Gasteiger partial charge in [-0.05, 0) is 6.42 Å². The molecule has 2 amide bonds. The first-order valence-corrected chi connectivity index (χ1v) is 7.88. The monoisotopic (exact) mass is 325 g/mol. The lowest BCUT2D eigenvalue weighted by molar-refractivity contribution is -0.138. The number of carbonyl (C=O) groups excluding carboxylic acids is 2. The van der Waals surface area contributed by atoms with Crippen molar-refractivity contribution in [3.8, 4) is 0 Å². The van der Waals surface area contributed by atoms with Crippen LogP contribution in [-0.2, 0) is 14.4 Å². The van der Waals surface area contributed by atoms with Gasteiger partial charge in [-0.25, -0.2) is 0 Å². The molecular weight excluding hydrogens is 306 g/mol. The van der Waals surface area contributed by atoms with E-state index < -0.39 is 29.9 Å². The zero-order chi connectivity index (χ0) is 15.5. The molecule has 20 heavy (non-hydrogen) atoms. The summed E-state index contributed by atoms with van der Waals surface area (Å²) in [6.07, 6.45) is -0.103. The number of carboxylic acid groups (broad SMARTS) is 1. The molecule has 0 aromatic heterocycles. The highest BCUT2D eigenvalue weighted by Gasteiger charge is 2.21. The molecule has 0 bridgehead atoms. The average molecular weight is 325 g/mol. The SMILES string of the molecule is NC(CCC(=O)NC(CSS)C(=O)NCCO)C(=O)O. The van der Waals surface area contributed by atoms with Gasteiger partial charge in [0.15, 0.2) is 0 Å². The number of carboxylic acids is 1. The molecule has 0 rings (SSSR count).